The molecule has 2 N–H and O–H groups in total. The van der Waals surface area contributed by atoms with Gasteiger partial charge in [-0.1, -0.05) is 42.5 Å². The Hall–Kier alpha value is -1.52. The predicted octanol–water partition coefficient (Wildman–Crippen LogP) is 3.15. The van der Waals surface area contributed by atoms with Crippen molar-refractivity contribution in [3.05, 3.63) is 48.0 Å². The molecule has 122 valence electrons. The lowest BCUT2D eigenvalue weighted by atomic mass is 9.95. The minimum atomic E-state index is -1.18. The summed E-state index contributed by atoms with van der Waals surface area (Å²) in [6.07, 6.45) is 1.86. The second kappa shape index (κ2) is 6.93. The molecule has 4 heteroatoms. The number of rotatable bonds is 4. The maximum atomic E-state index is 12.4. The highest BCUT2D eigenvalue weighted by Crippen LogP contribution is 2.27. The van der Waals surface area contributed by atoms with E-state index >= 15 is 0 Å². The average Bonchev–Trinajstić information content (AvgIpc) is 2.55. The molecule has 0 unspecified atom stereocenters. The molecule has 0 saturated carbocycles. The largest absolute Gasteiger partial charge is 0.380 e. The van der Waals surface area contributed by atoms with Gasteiger partial charge in [0.05, 0.1) is 0 Å². The van der Waals surface area contributed by atoms with E-state index in [1.807, 2.05) is 19.1 Å². The molecule has 2 aromatic carbocycles. The second-order valence-electron chi connectivity index (χ2n) is 6.40. The molecule has 0 aliphatic carbocycles. The lowest BCUT2D eigenvalue weighted by molar-refractivity contribution is -0.141. The van der Waals surface area contributed by atoms with Crippen molar-refractivity contribution in [2.45, 2.75) is 37.8 Å². The third-order valence-corrected chi connectivity index (χ3v) is 5.46. The number of carbonyl (C=O) groups excluding carboxylic acids is 1. The van der Waals surface area contributed by atoms with Crippen molar-refractivity contribution in [3.63, 3.8) is 0 Å². The molecule has 1 aliphatic heterocycles. The number of amides is 1. The monoisotopic (exact) mass is 329 g/mol. The van der Waals surface area contributed by atoms with Gasteiger partial charge in [-0.2, -0.15) is 11.8 Å². The van der Waals surface area contributed by atoms with Crippen molar-refractivity contribution in [2.24, 2.45) is 0 Å². The first-order chi connectivity index (χ1) is 11.1. The fourth-order valence-corrected chi connectivity index (χ4v) is 4.23. The highest BCUT2D eigenvalue weighted by molar-refractivity contribution is 7.99. The molecule has 1 aliphatic rings. The smallest absolute Gasteiger partial charge is 0.252 e. The molecular weight excluding hydrogens is 306 g/mol. The SMILES string of the molecule is C[C@@H](Cc1ccc2ccccc2c1)NC(=O)C1(O)CCSCC1. The fraction of sp³-hybridized carbons (Fsp3) is 0.421. The quantitative estimate of drug-likeness (QED) is 0.906. The van der Waals surface area contributed by atoms with Gasteiger partial charge in [-0.25, -0.2) is 0 Å². The number of hydrogen-bond acceptors (Lipinski definition) is 3. The zero-order chi connectivity index (χ0) is 16.3. The average molecular weight is 329 g/mol. The van der Waals surface area contributed by atoms with Crippen molar-refractivity contribution in [3.8, 4) is 0 Å². The van der Waals surface area contributed by atoms with Crippen LogP contribution in [0.25, 0.3) is 10.8 Å². The molecule has 3 nitrogen and oxygen atoms in total. The minimum absolute atomic E-state index is 0.00210. The van der Waals surface area contributed by atoms with E-state index in [1.165, 1.54) is 16.3 Å². The molecule has 1 amide bonds. The first kappa shape index (κ1) is 16.3. The summed E-state index contributed by atoms with van der Waals surface area (Å²) in [6, 6.07) is 14.7. The molecule has 0 aromatic heterocycles. The number of aliphatic hydroxyl groups is 1. The standard InChI is InChI=1S/C19H23NO2S/c1-14(20-18(21)19(22)8-10-23-11-9-19)12-15-6-7-16-4-2-3-5-17(16)13-15/h2-7,13-14,22H,8-12H2,1H3,(H,20,21)/t14-/m0/s1. The molecule has 0 bridgehead atoms. The van der Waals surface area contributed by atoms with Gasteiger partial charge in [0.1, 0.15) is 5.60 Å². The van der Waals surface area contributed by atoms with Crippen molar-refractivity contribution >= 4 is 28.4 Å². The van der Waals surface area contributed by atoms with Crippen LogP contribution in [-0.4, -0.2) is 34.2 Å². The van der Waals surface area contributed by atoms with Gasteiger partial charge < -0.3 is 10.4 Å². The van der Waals surface area contributed by atoms with E-state index in [9.17, 15) is 9.90 Å². The minimum Gasteiger partial charge on any atom is -0.380 e. The zero-order valence-electron chi connectivity index (χ0n) is 13.4. The summed E-state index contributed by atoms with van der Waals surface area (Å²) >= 11 is 1.80. The Labute approximate surface area is 141 Å². The molecule has 0 radical (unpaired) electrons. The number of benzene rings is 2. The topological polar surface area (TPSA) is 49.3 Å². The third-order valence-electron chi connectivity index (χ3n) is 4.48. The van der Waals surface area contributed by atoms with Crippen molar-refractivity contribution in [1.29, 1.82) is 0 Å². The van der Waals surface area contributed by atoms with Crippen LogP contribution in [0.2, 0.25) is 0 Å². The van der Waals surface area contributed by atoms with Gasteiger partial charge in [0.15, 0.2) is 0 Å². The Balaban J connectivity index is 1.63. The van der Waals surface area contributed by atoms with E-state index in [2.05, 4.69) is 35.6 Å². The van der Waals surface area contributed by atoms with Crippen LogP contribution < -0.4 is 5.32 Å². The molecular formula is C19H23NO2S. The van der Waals surface area contributed by atoms with Crippen molar-refractivity contribution in [1.82, 2.24) is 5.32 Å². The Morgan fingerprint density at radius 1 is 1.22 bits per heavy atom. The van der Waals surface area contributed by atoms with Crippen LogP contribution in [-0.2, 0) is 11.2 Å². The second-order valence-corrected chi connectivity index (χ2v) is 7.63. The molecule has 1 atom stereocenters. The van der Waals surface area contributed by atoms with E-state index in [0.29, 0.717) is 12.8 Å². The van der Waals surface area contributed by atoms with Gasteiger partial charge in [0.2, 0.25) is 0 Å². The van der Waals surface area contributed by atoms with E-state index in [1.54, 1.807) is 11.8 Å². The van der Waals surface area contributed by atoms with Crippen molar-refractivity contribution < 1.29 is 9.90 Å². The van der Waals surface area contributed by atoms with Gasteiger partial charge in [-0.3, -0.25) is 4.79 Å². The normalized spacial score (nSPS) is 18.5. The predicted molar refractivity (Wildman–Crippen MR) is 96.8 cm³/mol. The number of thioether (sulfide) groups is 1. The lowest BCUT2D eigenvalue weighted by Gasteiger charge is -2.31. The highest BCUT2D eigenvalue weighted by Gasteiger charge is 2.37. The van der Waals surface area contributed by atoms with E-state index in [-0.39, 0.29) is 11.9 Å². The Morgan fingerprint density at radius 2 is 1.91 bits per heavy atom. The summed E-state index contributed by atoms with van der Waals surface area (Å²) in [5, 5.41) is 15.9. The van der Waals surface area contributed by atoms with Crippen LogP contribution in [0, 0.1) is 0 Å². The van der Waals surface area contributed by atoms with Gasteiger partial charge in [-0.15, -0.1) is 0 Å². The van der Waals surface area contributed by atoms with Crippen LogP contribution in [0.5, 0.6) is 0 Å². The summed E-state index contributed by atoms with van der Waals surface area (Å²) in [5.74, 6) is 1.48. The Kier molecular flexibility index (Phi) is 4.93. The molecule has 2 aromatic rings. The lowest BCUT2D eigenvalue weighted by Crippen LogP contribution is -2.51. The van der Waals surface area contributed by atoms with E-state index in [4.69, 9.17) is 0 Å². The van der Waals surface area contributed by atoms with Gasteiger partial charge in [-0.05, 0) is 54.0 Å². The number of nitrogens with one attached hydrogen (secondary N) is 1. The molecule has 1 fully saturated rings. The van der Waals surface area contributed by atoms with Crippen molar-refractivity contribution in [2.75, 3.05) is 11.5 Å². The third kappa shape index (κ3) is 3.88. The fourth-order valence-electron chi connectivity index (χ4n) is 3.06. The summed E-state index contributed by atoms with van der Waals surface area (Å²) in [6.45, 7) is 1.99. The maximum Gasteiger partial charge on any atom is 0.252 e. The van der Waals surface area contributed by atoms with E-state index in [0.717, 1.165) is 17.9 Å². The summed E-state index contributed by atoms with van der Waals surface area (Å²) in [7, 11) is 0. The Morgan fingerprint density at radius 3 is 2.65 bits per heavy atom. The maximum absolute atomic E-state index is 12.4. The van der Waals surface area contributed by atoms with Crippen LogP contribution in [0.1, 0.15) is 25.3 Å². The molecule has 0 spiro atoms. The molecule has 23 heavy (non-hydrogen) atoms. The van der Waals surface area contributed by atoms with E-state index < -0.39 is 5.60 Å². The van der Waals surface area contributed by atoms with Gasteiger partial charge in [0.25, 0.3) is 5.91 Å². The summed E-state index contributed by atoms with van der Waals surface area (Å²) in [5.41, 5.74) is 0.0193. The van der Waals surface area contributed by atoms with Crippen LogP contribution in [0.4, 0.5) is 0 Å². The van der Waals surface area contributed by atoms with Crippen LogP contribution in [0.15, 0.2) is 42.5 Å². The van der Waals surface area contributed by atoms with Gasteiger partial charge in [0, 0.05) is 6.04 Å². The zero-order valence-corrected chi connectivity index (χ0v) is 14.2. The van der Waals surface area contributed by atoms with Crippen LogP contribution >= 0.6 is 11.8 Å². The number of hydrogen-bond donors (Lipinski definition) is 2. The first-order valence-corrected chi connectivity index (χ1v) is 9.31. The van der Waals surface area contributed by atoms with Gasteiger partial charge >= 0.3 is 0 Å². The molecule has 1 heterocycles. The number of fused-ring (bicyclic) bond motifs is 1. The molecule has 1 saturated heterocycles. The summed E-state index contributed by atoms with van der Waals surface area (Å²) in [4.78, 5) is 12.4. The first-order valence-electron chi connectivity index (χ1n) is 8.16. The number of carbonyl (C=O) groups is 1. The Bertz CT molecular complexity index is 695. The molecule has 3 rings (SSSR count). The highest BCUT2D eigenvalue weighted by atomic mass is 32.2. The van der Waals surface area contributed by atoms with Crippen LogP contribution in [0.3, 0.4) is 0 Å². The summed E-state index contributed by atoms with van der Waals surface area (Å²) < 4.78 is 0.